The van der Waals surface area contributed by atoms with Crippen molar-refractivity contribution in [2.24, 2.45) is 5.14 Å². The lowest BCUT2D eigenvalue weighted by atomic mass is 10.2. The molecule has 0 saturated carbocycles. The van der Waals surface area contributed by atoms with Crippen LogP contribution in [0.25, 0.3) is 6.08 Å². The molecule has 3 N–H and O–H groups in total. The van der Waals surface area contributed by atoms with Crippen molar-refractivity contribution in [3.63, 3.8) is 0 Å². The molecule has 0 saturated heterocycles. The molecule has 0 aromatic heterocycles. The van der Waals surface area contributed by atoms with Gasteiger partial charge in [0.25, 0.3) is 0 Å². The molecule has 0 aliphatic carbocycles. The fraction of sp³-hybridized carbons (Fsp3) is 0. The first-order valence-electron chi connectivity index (χ1n) is 4.28. The number of nitrogens with one attached hydrogen (secondary N) is 1. The van der Waals surface area contributed by atoms with Gasteiger partial charge in [-0.15, -0.1) is 0 Å². The molecule has 4 nitrogen and oxygen atoms in total. The van der Waals surface area contributed by atoms with Gasteiger partial charge in [-0.05, 0) is 17.7 Å². The molecule has 2 rings (SSSR count). The van der Waals surface area contributed by atoms with Gasteiger partial charge in [-0.3, -0.25) is 0 Å². The largest absolute Gasteiger partial charge is 0.361 e. The third-order valence-electron chi connectivity index (χ3n) is 1.68. The van der Waals surface area contributed by atoms with Crippen molar-refractivity contribution in [2.45, 2.75) is 0 Å². The summed E-state index contributed by atoms with van der Waals surface area (Å²) in [5.74, 6) is 0. The number of fused-ring (bicyclic) bond motifs is 1. The summed E-state index contributed by atoms with van der Waals surface area (Å²) in [5, 5.41) is 7.25. The molecule has 5 heteroatoms. The zero-order valence-electron chi connectivity index (χ0n) is 7.96. The van der Waals surface area contributed by atoms with Gasteiger partial charge >= 0.3 is 0 Å². The summed E-state index contributed by atoms with van der Waals surface area (Å²) in [6.07, 6.45) is 8.03. The topological polar surface area (TPSA) is 72.2 Å². The maximum atomic E-state index is 8.81. The van der Waals surface area contributed by atoms with Crippen molar-refractivity contribution >= 4 is 22.7 Å². The van der Waals surface area contributed by atoms with Crippen LogP contribution in [-0.4, -0.2) is 8.42 Å². The summed E-state index contributed by atoms with van der Waals surface area (Å²) < 4.78 is 17.6. The van der Waals surface area contributed by atoms with Gasteiger partial charge in [-0.2, -0.15) is 0 Å². The molecular weight excluding hydrogens is 212 g/mol. The Hall–Kier alpha value is -1.59. The van der Waals surface area contributed by atoms with Crippen LogP contribution in [0.5, 0.6) is 0 Å². The molecule has 0 fully saturated rings. The van der Waals surface area contributed by atoms with Gasteiger partial charge in [0.05, 0.1) is 0 Å². The van der Waals surface area contributed by atoms with E-state index in [0.717, 1.165) is 5.69 Å². The first-order valence-corrected chi connectivity index (χ1v) is 5.52. The molecule has 0 unspecified atom stereocenters. The molecule has 0 spiro atoms. The quantitative estimate of drug-likeness (QED) is 0.578. The number of hydrogen-bond acceptors (Lipinski definition) is 3. The van der Waals surface area contributed by atoms with Crippen molar-refractivity contribution in [3.8, 4) is 0 Å². The highest BCUT2D eigenvalue weighted by Crippen LogP contribution is 2.18. The zero-order chi connectivity index (χ0) is 11.1. The standard InChI is InChI=1S/C10H9N.H3NO2S/c1-2-7-10-9(5-1)6-3-4-8-11-10;1-4(2)3/h1-8,11H;4H,(H2,1,2,3). The minimum atomic E-state index is -2.62. The number of thiol groups is 1. The Morgan fingerprint density at radius 1 is 1.13 bits per heavy atom. The summed E-state index contributed by atoms with van der Waals surface area (Å²) >= 11 is 0. The molecule has 1 aliphatic heterocycles. The lowest BCUT2D eigenvalue weighted by Crippen LogP contribution is -1.87. The number of allylic oxidation sites excluding steroid dienone is 2. The Bertz CT molecular complexity index is 442. The van der Waals surface area contributed by atoms with E-state index in [1.165, 1.54) is 5.56 Å². The van der Waals surface area contributed by atoms with E-state index in [1.54, 1.807) is 0 Å². The van der Waals surface area contributed by atoms with Gasteiger partial charge in [0.1, 0.15) is 0 Å². The molecule has 0 amide bonds. The molecule has 1 aromatic rings. The Morgan fingerprint density at radius 2 is 1.80 bits per heavy atom. The van der Waals surface area contributed by atoms with Crippen molar-refractivity contribution < 1.29 is 8.42 Å². The molecule has 0 atom stereocenters. The first-order chi connectivity index (χ1) is 7.20. The smallest absolute Gasteiger partial charge is 0.198 e. The van der Waals surface area contributed by atoms with Crippen molar-refractivity contribution in [1.82, 2.24) is 0 Å². The molecule has 0 radical (unpaired) electrons. The first kappa shape index (κ1) is 11.5. The second kappa shape index (κ2) is 6.00. The van der Waals surface area contributed by atoms with Gasteiger partial charge in [-0.25, -0.2) is 13.6 Å². The number of nitrogens with two attached hydrogens (primary N) is 1. The van der Waals surface area contributed by atoms with Crippen LogP contribution in [0.2, 0.25) is 0 Å². The van der Waals surface area contributed by atoms with Gasteiger partial charge in [0.2, 0.25) is 0 Å². The van der Waals surface area contributed by atoms with Gasteiger partial charge < -0.3 is 5.32 Å². The monoisotopic (exact) mass is 224 g/mol. The predicted molar refractivity (Wildman–Crippen MR) is 62.7 cm³/mol. The number of anilines is 1. The Labute approximate surface area is 90.2 Å². The zero-order valence-corrected chi connectivity index (χ0v) is 8.85. The van der Waals surface area contributed by atoms with E-state index in [2.05, 4.69) is 28.7 Å². The normalized spacial score (nSPS) is 12.1. The van der Waals surface area contributed by atoms with Crippen LogP contribution in [-0.2, 0) is 10.9 Å². The minimum absolute atomic E-state index is 1.16. The predicted octanol–water partition coefficient (Wildman–Crippen LogP) is 1.11. The highest BCUT2D eigenvalue weighted by molar-refractivity contribution is 7.69. The second-order valence-corrected chi connectivity index (χ2v) is 3.31. The Kier molecular flexibility index (Phi) is 4.59. The Balaban J connectivity index is 0.000000245. The van der Waals surface area contributed by atoms with Crippen molar-refractivity contribution in [1.29, 1.82) is 0 Å². The minimum Gasteiger partial charge on any atom is -0.361 e. The molecule has 1 heterocycles. The maximum absolute atomic E-state index is 8.81. The average Bonchev–Trinajstić information content (AvgIpc) is 2.41. The maximum Gasteiger partial charge on any atom is 0.198 e. The highest BCUT2D eigenvalue weighted by Gasteiger charge is 1.95. The molecule has 1 aromatic carbocycles. The van der Waals surface area contributed by atoms with E-state index in [-0.39, 0.29) is 0 Å². The lowest BCUT2D eigenvalue weighted by molar-refractivity contribution is 0.616. The SMILES string of the molecule is C1=CNc2ccccc2C=C1.N[SH](=O)=O. The lowest BCUT2D eigenvalue weighted by Gasteiger charge is -2.01. The number of rotatable bonds is 0. The summed E-state index contributed by atoms with van der Waals surface area (Å²) in [5.41, 5.74) is 2.40. The molecule has 80 valence electrons. The fourth-order valence-electron chi connectivity index (χ4n) is 1.13. The highest BCUT2D eigenvalue weighted by atomic mass is 32.2. The molecule has 15 heavy (non-hydrogen) atoms. The van der Waals surface area contributed by atoms with E-state index in [4.69, 9.17) is 8.42 Å². The van der Waals surface area contributed by atoms with E-state index >= 15 is 0 Å². The van der Waals surface area contributed by atoms with Crippen LogP contribution in [0, 0.1) is 0 Å². The third kappa shape index (κ3) is 4.44. The van der Waals surface area contributed by atoms with E-state index < -0.39 is 10.9 Å². The van der Waals surface area contributed by atoms with E-state index in [0.29, 0.717) is 0 Å². The fourth-order valence-corrected chi connectivity index (χ4v) is 1.13. The summed E-state index contributed by atoms with van der Waals surface area (Å²) in [6, 6.07) is 8.22. The van der Waals surface area contributed by atoms with Crippen LogP contribution >= 0.6 is 0 Å². The molecule has 0 bridgehead atoms. The summed E-state index contributed by atoms with van der Waals surface area (Å²) in [7, 11) is -2.62. The third-order valence-corrected chi connectivity index (χ3v) is 1.68. The summed E-state index contributed by atoms with van der Waals surface area (Å²) in [6.45, 7) is 0. The van der Waals surface area contributed by atoms with Gasteiger partial charge in [0, 0.05) is 11.9 Å². The van der Waals surface area contributed by atoms with Crippen LogP contribution in [0.4, 0.5) is 5.69 Å². The molecule has 1 aliphatic rings. The number of benzene rings is 1. The van der Waals surface area contributed by atoms with Crippen molar-refractivity contribution in [3.05, 3.63) is 48.2 Å². The van der Waals surface area contributed by atoms with E-state index in [1.807, 2.05) is 30.5 Å². The van der Waals surface area contributed by atoms with Gasteiger partial charge in [-0.1, -0.05) is 30.4 Å². The second-order valence-electron chi connectivity index (χ2n) is 2.74. The molecular formula is C10H12N2O2S. The van der Waals surface area contributed by atoms with Gasteiger partial charge in [0.15, 0.2) is 10.9 Å². The van der Waals surface area contributed by atoms with Crippen LogP contribution in [0.15, 0.2) is 42.6 Å². The van der Waals surface area contributed by atoms with Crippen molar-refractivity contribution in [2.75, 3.05) is 5.32 Å². The van der Waals surface area contributed by atoms with E-state index in [9.17, 15) is 0 Å². The Morgan fingerprint density at radius 3 is 2.53 bits per heavy atom. The number of para-hydroxylation sites is 1. The summed E-state index contributed by atoms with van der Waals surface area (Å²) in [4.78, 5) is 0. The average molecular weight is 224 g/mol. The van der Waals surface area contributed by atoms with Crippen LogP contribution in [0.1, 0.15) is 5.56 Å². The van der Waals surface area contributed by atoms with Crippen LogP contribution in [0.3, 0.4) is 0 Å². The number of hydrogen-bond donors (Lipinski definition) is 3. The van der Waals surface area contributed by atoms with Crippen LogP contribution < -0.4 is 10.5 Å².